The molecule has 2 N–H and O–H groups in total. The summed E-state index contributed by atoms with van der Waals surface area (Å²) in [6, 6.07) is 8.02. The third-order valence-electron chi connectivity index (χ3n) is 3.89. The zero-order valence-corrected chi connectivity index (χ0v) is 16.7. The first kappa shape index (κ1) is 23.8. The summed E-state index contributed by atoms with van der Waals surface area (Å²) in [6.07, 6.45) is 2.16. The summed E-state index contributed by atoms with van der Waals surface area (Å²) in [4.78, 5) is 14.2. The molecule has 1 amide bonds. The number of nitriles is 1. The van der Waals surface area contributed by atoms with E-state index in [2.05, 4.69) is 35.4 Å². The van der Waals surface area contributed by atoms with Crippen molar-refractivity contribution in [2.75, 3.05) is 43.6 Å². The Morgan fingerprint density at radius 3 is 2.58 bits per heavy atom. The van der Waals surface area contributed by atoms with Gasteiger partial charge in [0.15, 0.2) is 0 Å². The molecule has 0 radical (unpaired) electrons. The number of ether oxygens (including phenoxy) is 1. The van der Waals surface area contributed by atoms with Gasteiger partial charge in [-0.2, -0.15) is 5.26 Å². The van der Waals surface area contributed by atoms with E-state index >= 15 is 0 Å². The van der Waals surface area contributed by atoms with Gasteiger partial charge >= 0.3 is 0 Å². The first-order valence-electron chi connectivity index (χ1n) is 8.56. The number of amides is 1. The van der Waals surface area contributed by atoms with E-state index in [0.717, 1.165) is 30.0 Å². The Labute approximate surface area is 162 Å². The first-order chi connectivity index (χ1) is 12.1. The van der Waals surface area contributed by atoms with Gasteiger partial charge in [-0.3, -0.25) is 4.79 Å². The Morgan fingerprint density at radius 1 is 1.35 bits per heavy atom. The van der Waals surface area contributed by atoms with Gasteiger partial charge in [-0.05, 0) is 51.0 Å². The van der Waals surface area contributed by atoms with Gasteiger partial charge in [0.05, 0.1) is 0 Å². The van der Waals surface area contributed by atoms with Gasteiger partial charge in [0.25, 0.3) is 5.91 Å². The zero-order valence-electron chi connectivity index (χ0n) is 15.9. The monoisotopic (exact) mass is 379 g/mol. The highest BCUT2D eigenvalue weighted by Crippen LogP contribution is 2.22. The minimum Gasteiger partial charge on any atom is -1.00 e. The van der Waals surface area contributed by atoms with Crippen LogP contribution in [-0.4, -0.2) is 39.3 Å². The second-order valence-corrected chi connectivity index (χ2v) is 5.59. The van der Waals surface area contributed by atoms with Crippen molar-refractivity contribution < 1.29 is 21.9 Å². The van der Waals surface area contributed by atoms with E-state index in [4.69, 9.17) is 4.74 Å². The molecule has 0 aliphatic rings. The number of hydrogen-bond donors (Lipinski definition) is 2. The van der Waals surface area contributed by atoms with Crippen molar-refractivity contribution in [3.63, 3.8) is 0 Å². The Hall–Kier alpha value is -2.23. The van der Waals surface area contributed by atoms with E-state index in [1.807, 2.05) is 25.1 Å². The molecular weight excluding hydrogens is 352 g/mol. The quantitative estimate of drug-likeness (QED) is 0.335. The predicted octanol–water partition coefficient (Wildman–Crippen LogP) is -0.183. The number of methoxy groups -OCH3 is 1. The number of carbonyl (C=O) groups is 1. The van der Waals surface area contributed by atoms with E-state index in [1.54, 1.807) is 7.11 Å². The summed E-state index contributed by atoms with van der Waals surface area (Å²) >= 11 is 0. The largest absolute Gasteiger partial charge is 1.00 e. The molecule has 0 bridgehead atoms. The summed E-state index contributed by atoms with van der Waals surface area (Å²) in [5, 5.41) is 14.9. The SMILES string of the molecule is CCN(CC)c1ccc(N/C=C(/C#N)C(=O)NCCCOC)c(C)c1.[Cl-]. The number of benzene rings is 1. The molecule has 26 heavy (non-hydrogen) atoms. The molecule has 0 atom stereocenters. The Kier molecular flexibility index (Phi) is 11.9. The molecule has 0 saturated carbocycles. The van der Waals surface area contributed by atoms with Crippen molar-refractivity contribution in [3.05, 3.63) is 35.5 Å². The highest BCUT2D eigenvalue weighted by molar-refractivity contribution is 5.97. The molecule has 0 saturated heterocycles. The average molecular weight is 380 g/mol. The zero-order chi connectivity index (χ0) is 18.7. The van der Waals surface area contributed by atoms with E-state index < -0.39 is 0 Å². The van der Waals surface area contributed by atoms with E-state index in [-0.39, 0.29) is 23.9 Å². The first-order valence-corrected chi connectivity index (χ1v) is 8.56. The maximum atomic E-state index is 12.0. The van der Waals surface area contributed by atoms with Crippen molar-refractivity contribution in [1.29, 1.82) is 5.26 Å². The lowest BCUT2D eigenvalue weighted by molar-refractivity contribution is -0.117. The molecule has 1 rings (SSSR count). The van der Waals surface area contributed by atoms with Gasteiger partial charge in [0, 0.05) is 50.9 Å². The standard InChI is InChI=1S/C19H28N4O2.ClH/c1-5-23(6-2)17-8-9-18(15(3)12-17)22-14-16(13-20)19(24)21-10-7-11-25-4;/h8-9,12,14,22H,5-7,10-11H2,1-4H3,(H,21,24);1H/p-1/b16-14-;. The fourth-order valence-corrected chi connectivity index (χ4v) is 2.41. The van der Waals surface area contributed by atoms with Crippen LogP contribution in [0.3, 0.4) is 0 Å². The second-order valence-electron chi connectivity index (χ2n) is 5.59. The Balaban J connectivity index is 0.00000625. The summed E-state index contributed by atoms with van der Waals surface area (Å²) in [6.45, 7) is 9.19. The number of anilines is 2. The number of carbonyl (C=O) groups excluding carboxylic acids is 1. The molecular formula is C19H28ClN4O2-. The molecule has 0 spiro atoms. The fourth-order valence-electron chi connectivity index (χ4n) is 2.41. The fraction of sp³-hybridized carbons (Fsp3) is 0.474. The molecule has 6 nitrogen and oxygen atoms in total. The number of rotatable bonds is 10. The third kappa shape index (κ3) is 7.34. The van der Waals surface area contributed by atoms with Gasteiger partial charge in [-0.1, -0.05) is 0 Å². The van der Waals surface area contributed by atoms with Crippen molar-refractivity contribution in [2.24, 2.45) is 0 Å². The van der Waals surface area contributed by atoms with Gasteiger partial charge in [-0.25, -0.2) is 0 Å². The van der Waals surface area contributed by atoms with Crippen LogP contribution in [-0.2, 0) is 9.53 Å². The summed E-state index contributed by atoms with van der Waals surface area (Å²) in [5.74, 6) is -0.386. The van der Waals surface area contributed by atoms with Crippen molar-refractivity contribution in [1.82, 2.24) is 5.32 Å². The maximum absolute atomic E-state index is 12.0. The molecule has 144 valence electrons. The number of nitrogens with one attached hydrogen (secondary N) is 2. The second kappa shape index (κ2) is 13.0. The topological polar surface area (TPSA) is 77.4 Å². The van der Waals surface area contributed by atoms with Crippen molar-refractivity contribution in [2.45, 2.75) is 27.2 Å². The van der Waals surface area contributed by atoms with Crippen molar-refractivity contribution in [3.8, 4) is 6.07 Å². The lowest BCUT2D eigenvalue weighted by Crippen LogP contribution is -3.00. The Bertz CT molecular complexity index is 637. The van der Waals surface area contributed by atoms with Crippen LogP contribution in [0.15, 0.2) is 30.0 Å². The lowest BCUT2D eigenvalue weighted by atomic mass is 10.1. The van der Waals surface area contributed by atoms with Crippen LogP contribution in [0.5, 0.6) is 0 Å². The molecule has 1 aromatic rings. The van der Waals surface area contributed by atoms with Crippen molar-refractivity contribution >= 4 is 17.3 Å². The minimum absolute atomic E-state index is 0. The molecule has 0 aliphatic heterocycles. The van der Waals surface area contributed by atoms with Crippen LogP contribution in [0.1, 0.15) is 25.8 Å². The number of aryl methyl sites for hydroxylation is 1. The predicted molar refractivity (Wildman–Crippen MR) is 102 cm³/mol. The molecule has 1 aromatic carbocycles. The van der Waals surface area contributed by atoms with Crippen LogP contribution in [0.25, 0.3) is 0 Å². The molecule has 7 heteroatoms. The van der Waals surface area contributed by atoms with E-state index in [0.29, 0.717) is 19.6 Å². The number of hydrogen-bond acceptors (Lipinski definition) is 5. The minimum atomic E-state index is -0.386. The molecule has 0 fully saturated rings. The van der Waals surface area contributed by atoms with Gasteiger partial charge in [-0.15, -0.1) is 0 Å². The van der Waals surface area contributed by atoms with Gasteiger partial charge < -0.3 is 32.7 Å². The number of nitrogens with zero attached hydrogens (tertiary/aromatic N) is 2. The van der Waals surface area contributed by atoms with E-state index in [9.17, 15) is 10.1 Å². The average Bonchev–Trinajstić information content (AvgIpc) is 2.61. The summed E-state index contributed by atoms with van der Waals surface area (Å²) < 4.78 is 4.92. The normalized spacial score (nSPS) is 10.5. The van der Waals surface area contributed by atoms with Crippen LogP contribution >= 0.6 is 0 Å². The number of halogens is 1. The Morgan fingerprint density at radius 2 is 2.04 bits per heavy atom. The molecule has 0 unspecified atom stereocenters. The van der Waals surface area contributed by atoms with Gasteiger partial charge in [0.1, 0.15) is 11.6 Å². The highest BCUT2D eigenvalue weighted by Gasteiger charge is 2.09. The van der Waals surface area contributed by atoms with Crippen LogP contribution < -0.4 is 27.9 Å². The smallest absolute Gasteiger partial charge is 0.263 e. The lowest BCUT2D eigenvalue weighted by Gasteiger charge is -2.22. The third-order valence-corrected chi connectivity index (χ3v) is 3.89. The molecule has 0 aromatic heterocycles. The van der Waals surface area contributed by atoms with E-state index in [1.165, 1.54) is 6.20 Å². The van der Waals surface area contributed by atoms with Crippen LogP contribution in [0, 0.1) is 18.3 Å². The van der Waals surface area contributed by atoms with Gasteiger partial charge in [0.2, 0.25) is 0 Å². The van der Waals surface area contributed by atoms with Crippen LogP contribution in [0.4, 0.5) is 11.4 Å². The molecule has 0 heterocycles. The summed E-state index contributed by atoms with van der Waals surface area (Å²) in [7, 11) is 1.61. The maximum Gasteiger partial charge on any atom is 0.263 e. The highest BCUT2D eigenvalue weighted by atomic mass is 35.5. The molecule has 0 aliphatic carbocycles. The van der Waals surface area contributed by atoms with Crippen LogP contribution in [0.2, 0.25) is 0 Å². The summed E-state index contributed by atoms with van der Waals surface area (Å²) in [5.41, 5.74) is 3.13.